The number of carboxylic acids is 1. The summed E-state index contributed by atoms with van der Waals surface area (Å²) < 4.78 is 0. The van der Waals surface area contributed by atoms with Crippen molar-refractivity contribution in [3.8, 4) is 11.1 Å². The van der Waals surface area contributed by atoms with Crippen molar-refractivity contribution in [1.82, 2.24) is 0 Å². The Hall–Kier alpha value is -2.09. The molecule has 2 heteroatoms. The molecule has 0 heterocycles. The number of hydrogen-bond acceptors (Lipinski definition) is 1. The molecule has 0 saturated heterocycles. The minimum atomic E-state index is -0.887. The van der Waals surface area contributed by atoms with Gasteiger partial charge < -0.3 is 5.11 Å². The van der Waals surface area contributed by atoms with Gasteiger partial charge in [-0.3, -0.25) is 0 Å². The second kappa shape index (κ2) is 7.07. The zero-order valence-electron chi connectivity index (χ0n) is 12.7. The number of benzene rings is 2. The van der Waals surface area contributed by atoms with Crippen molar-refractivity contribution in [2.75, 3.05) is 0 Å². The molecule has 2 aromatic carbocycles. The van der Waals surface area contributed by atoms with E-state index < -0.39 is 5.97 Å². The van der Waals surface area contributed by atoms with Crippen molar-refractivity contribution < 1.29 is 9.90 Å². The van der Waals surface area contributed by atoms with Gasteiger partial charge in [0.2, 0.25) is 0 Å². The molecular formula is C19H22O2. The number of rotatable bonds is 6. The van der Waals surface area contributed by atoms with Gasteiger partial charge in [-0.2, -0.15) is 0 Å². The average molecular weight is 282 g/mol. The summed E-state index contributed by atoms with van der Waals surface area (Å²) in [6.45, 7) is 4.49. The van der Waals surface area contributed by atoms with Crippen molar-refractivity contribution in [1.29, 1.82) is 0 Å². The summed E-state index contributed by atoms with van der Waals surface area (Å²) in [5.74, 6) is -0.132. The molecule has 0 bridgehead atoms. The molecule has 0 atom stereocenters. The van der Waals surface area contributed by atoms with Gasteiger partial charge in [-0.05, 0) is 41.2 Å². The maximum atomic E-state index is 10.9. The molecule has 0 radical (unpaired) electrons. The normalized spacial score (nSPS) is 10.8. The van der Waals surface area contributed by atoms with Gasteiger partial charge in [0.15, 0.2) is 0 Å². The summed E-state index contributed by atoms with van der Waals surface area (Å²) >= 11 is 0. The first-order valence-corrected chi connectivity index (χ1v) is 7.56. The van der Waals surface area contributed by atoms with Gasteiger partial charge in [-0.25, -0.2) is 4.79 Å². The molecule has 2 aromatic rings. The molecule has 0 aliphatic heterocycles. The van der Waals surface area contributed by atoms with E-state index in [1.165, 1.54) is 18.4 Å². The summed E-state index contributed by atoms with van der Waals surface area (Å²) in [6, 6.07) is 15.6. The topological polar surface area (TPSA) is 37.3 Å². The zero-order chi connectivity index (χ0) is 15.2. The molecule has 2 nitrogen and oxygen atoms in total. The molecule has 0 fully saturated rings. The van der Waals surface area contributed by atoms with Gasteiger partial charge in [0.25, 0.3) is 0 Å². The molecule has 1 N–H and O–H groups in total. The standard InChI is InChI=1S/C19H22O2/c1-3-14(4-2)13-15-5-7-16(8-6-15)17-9-11-18(12-10-17)19(20)21/h5-12,14H,3-4,13H2,1-2H3,(H,20,21). The van der Waals surface area contributed by atoms with E-state index in [2.05, 4.69) is 38.1 Å². The Morgan fingerprint density at radius 3 is 1.81 bits per heavy atom. The van der Waals surface area contributed by atoms with E-state index in [-0.39, 0.29) is 0 Å². The summed E-state index contributed by atoms with van der Waals surface area (Å²) in [7, 11) is 0. The largest absolute Gasteiger partial charge is 0.478 e. The monoisotopic (exact) mass is 282 g/mol. The minimum Gasteiger partial charge on any atom is -0.478 e. The molecule has 0 amide bonds. The highest BCUT2D eigenvalue weighted by molar-refractivity contribution is 5.88. The first kappa shape index (κ1) is 15.3. The molecular weight excluding hydrogens is 260 g/mol. The quantitative estimate of drug-likeness (QED) is 0.806. The van der Waals surface area contributed by atoms with Gasteiger partial charge in [0.05, 0.1) is 5.56 Å². The molecule has 2 rings (SSSR count). The van der Waals surface area contributed by atoms with Crippen LogP contribution in [0.15, 0.2) is 48.5 Å². The van der Waals surface area contributed by atoms with Crippen molar-refractivity contribution in [3.05, 3.63) is 59.7 Å². The number of hydrogen-bond donors (Lipinski definition) is 1. The Balaban J connectivity index is 2.13. The Bertz CT molecular complexity index is 578. The molecule has 0 saturated carbocycles. The first-order chi connectivity index (χ1) is 10.1. The molecule has 110 valence electrons. The van der Waals surface area contributed by atoms with Gasteiger partial charge in [-0.15, -0.1) is 0 Å². The molecule has 0 aliphatic carbocycles. The molecule has 21 heavy (non-hydrogen) atoms. The van der Waals surface area contributed by atoms with Crippen LogP contribution in [0.4, 0.5) is 0 Å². The molecule has 0 unspecified atom stereocenters. The first-order valence-electron chi connectivity index (χ1n) is 7.56. The van der Waals surface area contributed by atoms with E-state index in [0.29, 0.717) is 5.56 Å². The van der Waals surface area contributed by atoms with E-state index in [1.807, 2.05) is 12.1 Å². The zero-order valence-corrected chi connectivity index (χ0v) is 12.7. The summed E-state index contributed by atoms with van der Waals surface area (Å²) in [6.07, 6.45) is 3.56. The van der Waals surface area contributed by atoms with Crippen LogP contribution in [0.2, 0.25) is 0 Å². The van der Waals surface area contributed by atoms with E-state index in [0.717, 1.165) is 23.5 Å². The third kappa shape index (κ3) is 3.94. The van der Waals surface area contributed by atoms with Crippen molar-refractivity contribution in [2.45, 2.75) is 33.1 Å². The van der Waals surface area contributed by atoms with Crippen LogP contribution in [-0.4, -0.2) is 11.1 Å². The fourth-order valence-corrected chi connectivity index (χ4v) is 2.55. The highest BCUT2D eigenvalue weighted by atomic mass is 16.4. The lowest BCUT2D eigenvalue weighted by atomic mass is 9.93. The second-order valence-electron chi connectivity index (χ2n) is 5.47. The van der Waals surface area contributed by atoms with E-state index >= 15 is 0 Å². The fourth-order valence-electron chi connectivity index (χ4n) is 2.55. The summed E-state index contributed by atoms with van der Waals surface area (Å²) in [5, 5.41) is 8.91. The highest BCUT2D eigenvalue weighted by Crippen LogP contribution is 2.22. The third-order valence-corrected chi connectivity index (χ3v) is 4.10. The van der Waals surface area contributed by atoms with Crippen molar-refractivity contribution >= 4 is 5.97 Å². The predicted molar refractivity (Wildman–Crippen MR) is 86.6 cm³/mol. The van der Waals surface area contributed by atoms with Gasteiger partial charge in [0, 0.05) is 0 Å². The van der Waals surface area contributed by atoms with E-state index in [1.54, 1.807) is 12.1 Å². The lowest BCUT2D eigenvalue weighted by molar-refractivity contribution is 0.0697. The smallest absolute Gasteiger partial charge is 0.335 e. The van der Waals surface area contributed by atoms with Crippen LogP contribution in [0.1, 0.15) is 42.6 Å². The number of carbonyl (C=O) groups is 1. The average Bonchev–Trinajstić information content (AvgIpc) is 2.53. The van der Waals surface area contributed by atoms with Crippen molar-refractivity contribution in [2.24, 2.45) is 5.92 Å². The Morgan fingerprint density at radius 2 is 1.38 bits per heavy atom. The summed E-state index contributed by atoms with van der Waals surface area (Å²) in [4.78, 5) is 10.9. The van der Waals surface area contributed by atoms with Crippen LogP contribution >= 0.6 is 0 Å². The van der Waals surface area contributed by atoms with Gasteiger partial charge in [0.1, 0.15) is 0 Å². The predicted octanol–water partition coefficient (Wildman–Crippen LogP) is 5.03. The highest BCUT2D eigenvalue weighted by Gasteiger charge is 2.06. The van der Waals surface area contributed by atoms with Crippen LogP contribution in [-0.2, 0) is 6.42 Å². The van der Waals surface area contributed by atoms with Crippen LogP contribution < -0.4 is 0 Å². The maximum Gasteiger partial charge on any atom is 0.335 e. The minimum absolute atomic E-state index is 0.323. The molecule has 0 aromatic heterocycles. The number of carboxylic acid groups (broad SMARTS) is 1. The Morgan fingerprint density at radius 1 is 0.905 bits per heavy atom. The Labute approximate surface area is 126 Å². The van der Waals surface area contributed by atoms with Crippen LogP contribution in [0.5, 0.6) is 0 Å². The van der Waals surface area contributed by atoms with Gasteiger partial charge in [-0.1, -0.05) is 63.1 Å². The second-order valence-corrected chi connectivity index (χ2v) is 5.47. The lowest BCUT2D eigenvalue weighted by Crippen LogP contribution is -2.01. The van der Waals surface area contributed by atoms with E-state index in [4.69, 9.17) is 5.11 Å². The van der Waals surface area contributed by atoms with Crippen LogP contribution in [0, 0.1) is 5.92 Å². The summed E-state index contributed by atoms with van der Waals surface area (Å²) in [5.41, 5.74) is 3.87. The molecule has 0 aliphatic rings. The van der Waals surface area contributed by atoms with Gasteiger partial charge >= 0.3 is 5.97 Å². The van der Waals surface area contributed by atoms with Crippen LogP contribution in [0.25, 0.3) is 11.1 Å². The van der Waals surface area contributed by atoms with E-state index in [9.17, 15) is 4.79 Å². The Kier molecular flexibility index (Phi) is 5.15. The SMILES string of the molecule is CCC(CC)Cc1ccc(-c2ccc(C(=O)O)cc2)cc1. The fraction of sp³-hybridized carbons (Fsp3) is 0.316. The third-order valence-electron chi connectivity index (χ3n) is 4.10. The molecule has 0 spiro atoms. The van der Waals surface area contributed by atoms with Crippen LogP contribution in [0.3, 0.4) is 0 Å². The maximum absolute atomic E-state index is 10.9. The number of aromatic carboxylic acids is 1. The van der Waals surface area contributed by atoms with Crippen molar-refractivity contribution in [3.63, 3.8) is 0 Å². The lowest BCUT2D eigenvalue weighted by Gasteiger charge is -2.12.